The van der Waals surface area contributed by atoms with Gasteiger partial charge < -0.3 is 4.90 Å². The summed E-state index contributed by atoms with van der Waals surface area (Å²) in [4.78, 5) is 19.5. The fraction of sp³-hybridized carbons (Fsp3) is 0.409. The molecule has 0 radical (unpaired) electrons. The van der Waals surface area contributed by atoms with Crippen molar-refractivity contribution in [2.24, 2.45) is 5.92 Å². The van der Waals surface area contributed by atoms with Gasteiger partial charge in [-0.2, -0.15) is 0 Å². The molecule has 1 aromatic carbocycles. The largest absolute Gasteiger partial charge is 0.340 e. The standard InChI is InChI=1S/C22H25FN2OS/c23-19-8-4-7-18(15-19)21-10-9-20(27-21)16-24-11-13-25(14-12-24)22(26)17-5-2-1-3-6-17/h1-2,4,7-10,15,17H,3,5-6,11-14,16H2/t17-/m1/s1. The van der Waals surface area contributed by atoms with Crippen LogP contribution in [0.4, 0.5) is 4.39 Å². The molecule has 0 spiro atoms. The van der Waals surface area contributed by atoms with Crippen LogP contribution in [0, 0.1) is 11.7 Å². The van der Waals surface area contributed by atoms with E-state index in [2.05, 4.69) is 29.2 Å². The number of rotatable bonds is 4. The molecule has 1 aliphatic carbocycles. The molecule has 2 aromatic rings. The van der Waals surface area contributed by atoms with E-state index in [-0.39, 0.29) is 11.7 Å². The molecule has 3 nitrogen and oxygen atoms in total. The maximum Gasteiger partial charge on any atom is 0.226 e. The van der Waals surface area contributed by atoms with Crippen LogP contribution < -0.4 is 0 Å². The van der Waals surface area contributed by atoms with Gasteiger partial charge in [-0.25, -0.2) is 4.39 Å². The number of allylic oxidation sites excluding steroid dienone is 2. The third-order valence-corrected chi connectivity index (χ3v) is 6.57. The highest BCUT2D eigenvalue weighted by atomic mass is 32.1. The van der Waals surface area contributed by atoms with E-state index in [0.717, 1.165) is 62.4 Å². The van der Waals surface area contributed by atoms with Crippen molar-refractivity contribution in [1.29, 1.82) is 0 Å². The summed E-state index contributed by atoms with van der Waals surface area (Å²) in [7, 11) is 0. The average Bonchev–Trinajstić information content (AvgIpc) is 3.17. The Bertz CT molecular complexity index is 823. The summed E-state index contributed by atoms with van der Waals surface area (Å²) in [6.45, 7) is 4.37. The quantitative estimate of drug-likeness (QED) is 0.722. The van der Waals surface area contributed by atoms with E-state index in [1.165, 1.54) is 10.9 Å². The third kappa shape index (κ3) is 4.47. The minimum absolute atomic E-state index is 0.188. The minimum Gasteiger partial charge on any atom is -0.340 e. The normalized spacial score (nSPS) is 20.8. The van der Waals surface area contributed by atoms with Gasteiger partial charge in [-0.3, -0.25) is 9.69 Å². The van der Waals surface area contributed by atoms with Crippen LogP contribution in [-0.4, -0.2) is 41.9 Å². The van der Waals surface area contributed by atoms with E-state index in [4.69, 9.17) is 0 Å². The molecule has 1 amide bonds. The van der Waals surface area contributed by atoms with E-state index < -0.39 is 0 Å². The molecule has 2 aliphatic rings. The number of piperazine rings is 1. The van der Waals surface area contributed by atoms with E-state index in [0.29, 0.717) is 5.91 Å². The van der Waals surface area contributed by atoms with E-state index in [1.54, 1.807) is 23.5 Å². The first-order valence-corrected chi connectivity index (χ1v) is 10.5. The molecule has 0 saturated carbocycles. The van der Waals surface area contributed by atoms with Gasteiger partial charge in [-0.1, -0.05) is 24.3 Å². The third-order valence-electron chi connectivity index (χ3n) is 5.45. The van der Waals surface area contributed by atoms with Crippen LogP contribution in [-0.2, 0) is 11.3 Å². The van der Waals surface area contributed by atoms with Crippen molar-refractivity contribution in [1.82, 2.24) is 9.80 Å². The van der Waals surface area contributed by atoms with Crippen molar-refractivity contribution in [3.63, 3.8) is 0 Å². The summed E-state index contributed by atoms with van der Waals surface area (Å²) in [6.07, 6.45) is 7.25. The fourth-order valence-corrected chi connectivity index (χ4v) is 4.93. The molecule has 5 heteroatoms. The molecule has 1 fully saturated rings. The maximum absolute atomic E-state index is 13.4. The molecule has 1 atom stereocenters. The number of nitrogens with zero attached hydrogens (tertiary/aromatic N) is 2. The lowest BCUT2D eigenvalue weighted by Gasteiger charge is -2.36. The van der Waals surface area contributed by atoms with Crippen LogP contribution in [0.1, 0.15) is 24.1 Å². The Hall–Kier alpha value is -1.98. The van der Waals surface area contributed by atoms with Gasteiger partial charge in [0.05, 0.1) is 0 Å². The lowest BCUT2D eigenvalue weighted by atomic mass is 9.93. The van der Waals surface area contributed by atoms with E-state index in [1.807, 2.05) is 11.0 Å². The highest BCUT2D eigenvalue weighted by molar-refractivity contribution is 7.15. The molecule has 142 valence electrons. The average molecular weight is 385 g/mol. The summed E-state index contributed by atoms with van der Waals surface area (Å²) in [5.74, 6) is 0.327. The summed E-state index contributed by atoms with van der Waals surface area (Å²) in [5, 5.41) is 0. The molecule has 4 rings (SSSR count). The van der Waals surface area contributed by atoms with E-state index in [9.17, 15) is 9.18 Å². The molecule has 0 bridgehead atoms. The summed E-state index contributed by atoms with van der Waals surface area (Å²) < 4.78 is 13.4. The molecule has 27 heavy (non-hydrogen) atoms. The SMILES string of the molecule is O=C([C@@H]1CC=CCC1)N1CCN(Cc2ccc(-c3cccc(F)c3)s2)CC1. The second-order valence-electron chi connectivity index (χ2n) is 7.36. The van der Waals surface area contributed by atoms with Gasteiger partial charge in [0.1, 0.15) is 5.82 Å². The van der Waals surface area contributed by atoms with Crippen molar-refractivity contribution in [2.45, 2.75) is 25.8 Å². The molecule has 0 unspecified atom stereocenters. The minimum atomic E-state index is -0.198. The Balaban J connectivity index is 1.31. The zero-order valence-corrected chi connectivity index (χ0v) is 16.3. The number of amides is 1. The number of carbonyl (C=O) groups excluding carboxylic acids is 1. The smallest absolute Gasteiger partial charge is 0.226 e. The fourth-order valence-electron chi connectivity index (χ4n) is 3.88. The lowest BCUT2D eigenvalue weighted by Crippen LogP contribution is -2.50. The summed E-state index contributed by atoms with van der Waals surface area (Å²) in [5.41, 5.74) is 0.934. The zero-order chi connectivity index (χ0) is 18.6. The monoisotopic (exact) mass is 384 g/mol. The molecule has 1 aromatic heterocycles. The first-order chi connectivity index (χ1) is 13.2. The molecular weight excluding hydrogens is 359 g/mol. The van der Waals surface area contributed by atoms with E-state index >= 15 is 0 Å². The molecular formula is C22H25FN2OS. The van der Waals surface area contributed by atoms with Gasteiger partial charge >= 0.3 is 0 Å². The van der Waals surface area contributed by atoms with Crippen LogP contribution in [0.3, 0.4) is 0 Å². The van der Waals surface area contributed by atoms with Crippen molar-refractivity contribution in [3.05, 3.63) is 59.2 Å². The van der Waals surface area contributed by atoms with Gasteiger partial charge in [0.15, 0.2) is 0 Å². The zero-order valence-electron chi connectivity index (χ0n) is 15.4. The Morgan fingerprint density at radius 1 is 1.11 bits per heavy atom. The van der Waals surface area contributed by atoms with Gasteiger partial charge in [0.2, 0.25) is 5.91 Å². The highest BCUT2D eigenvalue weighted by Gasteiger charge is 2.27. The summed E-state index contributed by atoms with van der Waals surface area (Å²) >= 11 is 1.72. The van der Waals surface area contributed by atoms with Crippen molar-refractivity contribution in [2.75, 3.05) is 26.2 Å². The maximum atomic E-state index is 13.4. The van der Waals surface area contributed by atoms with Crippen LogP contribution in [0.25, 0.3) is 10.4 Å². The van der Waals surface area contributed by atoms with Crippen LogP contribution in [0.2, 0.25) is 0 Å². The van der Waals surface area contributed by atoms with Crippen LogP contribution in [0.5, 0.6) is 0 Å². The van der Waals surface area contributed by atoms with Crippen molar-refractivity contribution < 1.29 is 9.18 Å². The second-order valence-corrected chi connectivity index (χ2v) is 8.53. The van der Waals surface area contributed by atoms with Gasteiger partial charge in [0.25, 0.3) is 0 Å². The predicted molar refractivity (Wildman–Crippen MR) is 108 cm³/mol. The van der Waals surface area contributed by atoms with Crippen LogP contribution in [0.15, 0.2) is 48.6 Å². The summed E-state index contributed by atoms with van der Waals surface area (Å²) in [6, 6.07) is 11.0. The van der Waals surface area contributed by atoms with Crippen LogP contribution >= 0.6 is 11.3 Å². The molecule has 1 aliphatic heterocycles. The van der Waals surface area contributed by atoms with Crippen molar-refractivity contribution in [3.8, 4) is 10.4 Å². The molecule has 0 N–H and O–H groups in total. The first kappa shape index (κ1) is 18.4. The molecule has 1 saturated heterocycles. The Morgan fingerprint density at radius 3 is 2.70 bits per heavy atom. The number of halogens is 1. The molecule has 2 heterocycles. The number of carbonyl (C=O) groups is 1. The number of hydrogen-bond acceptors (Lipinski definition) is 3. The number of hydrogen-bond donors (Lipinski definition) is 0. The number of benzene rings is 1. The van der Waals surface area contributed by atoms with Gasteiger partial charge in [-0.05, 0) is 49.1 Å². The van der Waals surface area contributed by atoms with Gasteiger partial charge in [0, 0.05) is 48.4 Å². The first-order valence-electron chi connectivity index (χ1n) is 9.70. The topological polar surface area (TPSA) is 23.6 Å². The van der Waals surface area contributed by atoms with Crippen molar-refractivity contribution >= 4 is 17.2 Å². The number of thiophene rings is 1. The second kappa shape index (κ2) is 8.36. The lowest BCUT2D eigenvalue weighted by molar-refractivity contribution is -0.137. The highest BCUT2D eigenvalue weighted by Crippen LogP contribution is 2.29. The predicted octanol–water partition coefficient (Wildman–Crippen LogP) is 4.55. The van der Waals surface area contributed by atoms with Gasteiger partial charge in [-0.15, -0.1) is 11.3 Å². The Morgan fingerprint density at radius 2 is 1.96 bits per heavy atom. The Kier molecular flexibility index (Phi) is 5.69. The Labute approximate surface area is 164 Å².